The molecule has 6 rings (SSSR count). The minimum atomic E-state index is -4.29. The average Bonchev–Trinajstić information content (AvgIpc) is 3.33. The molecular weight excluding hydrogens is 492 g/mol. The summed E-state index contributed by atoms with van der Waals surface area (Å²) in [6.45, 7) is 0. The topological polar surface area (TPSA) is 109 Å². The van der Waals surface area contributed by atoms with E-state index < -0.39 is 33.5 Å². The highest BCUT2D eigenvalue weighted by Gasteiger charge is 2.45. The number of rotatable bonds is 4. The van der Waals surface area contributed by atoms with E-state index in [2.05, 4.69) is 0 Å². The second-order valence-electron chi connectivity index (χ2n) is 8.42. The van der Waals surface area contributed by atoms with Gasteiger partial charge in [-0.25, -0.2) is 18.2 Å². The van der Waals surface area contributed by atoms with Gasteiger partial charge in [-0.3, -0.25) is 19.2 Å². The molecule has 0 saturated heterocycles. The fourth-order valence-electron chi connectivity index (χ4n) is 4.66. The molecule has 0 fully saturated rings. The van der Waals surface area contributed by atoms with Crippen LogP contribution in [0.4, 0.5) is 11.4 Å². The second kappa shape index (κ2) is 8.07. The number of nitrogens with zero attached hydrogens (tertiary/aromatic N) is 2. The molecule has 4 aromatic rings. The summed E-state index contributed by atoms with van der Waals surface area (Å²) in [6.07, 6.45) is 0. The van der Waals surface area contributed by atoms with Crippen LogP contribution in [0.5, 0.6) is 0 Å². The molecular formula is C28H16N2O6S. The fourth-order valence-corrected chi connectivity index (χ4v) is 6.14. The third-order valence-corrected chi connectivity index (χ3v) is 8.17. The molecule has 0 radical (unpaired) electrons. The van der Waals surface area contributed by atoms with Crippen LogP contribution in [0.2, 0.25) is 0 Å². The Hall–Kier alpha value is -4.89. The van der Waals surface area contributed by atoms with E-state index in [1.54, 1.807) is 42.5 Å². The number of benzene rings is 4. The van der Waals surface area contributed by atoms with E-state index in [0.29, 0.717) is 0 Å². The van der Waals surface area contributed by atoms with Crippen LogP contribution in [0.1, 0.15) is 41.4 Å². The lowest BCUT2D eigenvalue weighted by atomic mass is 10.1. The van der Waals surface area contributed by atoms with Gasteiger partial charge in [0.15, 0.2) is 0 Å². The molecule has 180 valence electrons. The molecule has 2 aliphatic rings. The van der Waals surface area contributed by atoms with Gasteiger partial charge < -0.3 is 0 Å². The summed E-state index contributed by atoms with van der Waals surface area (Å²) in [5.74, 6) is -2.89. The molecule has 0 aromatic heterocycles. The molecule has 0 unspecified atom stereocenters. The summed E-state index contributed by atoms with van der Waals surface area (Å²) >= 11 is 0. The zero-order chi connectivity index (χ0) is 25.9. The number of amides is 4. The normalized spacial score (nSPS) is 14.8. The van der Waals surface area contributed by atoms with Crippen LogP contribution in [0.15, 0.2) is 107 Å². The number of carbonyl (C=O) groups excluding carboxylic acids is 4. The monoisotopic (exact) mass is 508 g/mol. The second-order valence-corrected chi connectivity index (χ2v) is 10.3. The summed E-state index contributed by atoms with van der Waals surface area (Å²) < 4.78 is 27.6. The van der Waals surface area contributed by atoms with Crippen molar-refractivity contribution in [2.45, 2.75) is 9.79 Å². The maximum Gasteiger partial charge on any atom is 0.266 e. The Morgan fingerprint density at radius 2 is 0.892 bits per heavy atom. The molecule has 4 aromatic carbocycles. The fraction of sp³-hybridized carbons (Fsp3) is 0. The highest BCUT2D eigenvalue weighted by molar-refractivity contribution is 7.91. The van der Waals surface area contributed by atoms with E-state index in [4.69, 9.17) is 0 Å². The Balaban J connectivity index is 1.64. The van der Waals surface area contributed by atoms with Gasteiger partial charge in [-0.15, -0.1) is 0 Å². The lowest BCUT2D eigenvalue weighted by Gasteiger charge is -2.25. The molecule has 0 saturated carbocycles. The number of sulfone groups is 1. The predicted octanol–water partition coefficient (Wildman–Crippen LogP) is 4.12. The minimum Gasteiger partial charge on any atom is -0.268 e. The van der Waals surface area contributed by atoms with Crippen molar-refractivity contribution in [3.05, 3.63) is 119 Å². The zero-order valence-corrected chi connectivity index (χ0v) is 19.8. The number of anilines is 2. The van der Waals surface area contributed by atoms with Gasteiger partial charge in [-0.05, 0) is 48.5 Å². The maximum absolute atomic E-state index is 13.8. The first-order valence-electron chi connectivity index (χ1n) is 11.2. The molecule has 0 aliphatic carbocycles. The van der Waals surface area contributed by atoms with Crippen LogP contribution < -0.4 is 9.80 Å². The summed E-state index contributed by atoms with van der Waals surface area (Å²) in [5.41, 5.74) is -0.0838. The van der Waals surface area contributed by atoms with Crippen molar-refractivity contribution in [1.29, 1.82) is 0 Å². The summed E-state index contributed by atoms with van der Waals surface area (Å²) in [5, 5.41) is 0. The molecule has 8 nitrogen and oxygen atoms in total. The Bertz CT molecular complexity index is 1710. The molecule has 9 heteroatoms. The van der Waals surface area contributed by atoms with Gasteiger partial charge in [0.2, 0.25) is 9.84 Å². The Morgan fingerprint density at radius 1 is 0.459 bits per heavy atom. The molecule has 0 bridgehead atoms. The van der Waals surface area contributed by atoms with Crippen LogP contribution >= 0.6 is 0 Å². The van der Waals surface area contributed by atoms with E-state index in [-0.39, 0.29) is 43.4 Å². The molecule has 0 spiro atoms. The van der Waals surface area contributed by atoms with Gasteiger partial charge in [0.1, 0.15) is 0 Å². The van der Waals surface area contributed by atoms with Gasteiger partial charge in [0, 0.05) is 0 Å². The third-order valence-electron chi connectivity index (χ3n) is 6.37. The molecule has 2 heterocycles. The van der Waals surface area contributed by atoms with E-state index >= 15 is 0 Å². The van der Waals surface area contributed by atoms with Crippen LogP contribution in [-0.4, -0.2) is 32.0 Å². The standard InChI is InChI=1S/C28H16N2O6S/c31-25-18-11-4-5-12-19(18)26(32)29(25)22-15-8-16-23(37(35,36)17-9-2-1-3-10-17)24(22)30-27(33)20-13-6-7-14-21(20)28(30)34/h1-16H. The summed E-state index contributed by atoms with van der Waals surface area (Å²) in [6, 6.07) is 23.8. The highest BCUT2D eigenvalue weighted by Crippen LogP contribution is 2.44. The molecule has 4 amide bonds. The summed E-state index contributed by atoms with van der Waals surface area (Å²) in [4.78, 5) is 54.8. The Morgan fingerprint density at radius 3 is 1.38 bits per heavy atom. The van der Waals surface area contributed by atoms with Gasteiger partial charge in [0.05, 0.1) is 43.4 Å². The Kier molecular flexibility index (Phi) is 4.92. The van der Waals surface area contributed by atoms with Crippen LogP contribution in [0.3, 0.4) is 0 Å². The van der Waals surface area contributed by atoms with Gasteiger partial charge in [0.25, 0.3) is 23.6 Å². The lowest BCUT2D eigenvalue weighted by Crippen LogP contribution is -2.36. The van der Waals surface area contributed by atoms with Crippen molar-refractivity contribution in [1.82, 2.24) is 0 Å². The zero-order valence-electron chi connectivity index (χ0n) is 19.0. The smallest absolute Gasteiger partial charge is 0.266 e. The third kappa shape index (κ3) is 3.18. The average molecular weight is 509 g/mol. The Labute approximate surface area is 211 Å². The predicted molar refractivity (Wildman–Crippen MR) is 133 cm³/mol. The number of hydrogen-bond donors (Lipinski definition) is 0. The molecule has 2 aliphatic heterocycles. The van der Waals surface area contributed by atoms with Gasteiger partial charge in [-0.2, -0.15) is 0 Å². The van der Waals surface area contributed by atoms with Gasteiger partial charge >= 0.3 is 0 Å². The van der Waals surface area contributed by atoms with Crippen LogP contribution in [0, 0.1) is 0 Å². The SMILES string of the molecule is O=C1c2ccccc2C(=O)N1c1cccc(S(=O)(=O)c2ccccc2)c1N1C(=O)c2ccccc2C1=O. The van der Waals surface area contributed by atoms with Crippen LogP contribution in [0.25, 0.3) is 0 Å². The van der Waals surface area contributed by atoms with Crippen molar-refractivity contribution in [3.63, 3.8) is 0 Å². The number of hydrogen-bond acceptors (Lipinski definition) is 6. The quantitative estimate of drug-likeness (QED) is 0.384. The van der Waals surface area contributed by atoms with Gasteiger partial charge in [-0.1, -0.05) is 48.5 Å². The molecule has 0 N–H and O–H groups in total. The van der Waals surface area contributed by atoms with E-state index in [9.17, 15) is 27.6 Å². The number of para-hydroxylation sites is 1. The maximum atomic E-state index is 13.8. The first-order valence-corrected chi connectivity index (χ1v) is 12.7. The van der Waals surface area contributed by atoms with Crippen molar-refractivity contribution >= 4 is 44.8 Å². The van der Waals surface area contributed by atoms with Crippen molar-refractivity contribution in [2.24, 2.45) is 0 Å². The van der Waals surface area contributed by atoms with Crippen molar-refractivity contribution in [3.8, 4) is 0 Å². The first-order chi connectivity index (χ1) is 17.8. The molecule has 37 heavy (non-hydrogen) atoms. The van der Waals surface area contributed by atoms with E-state index in [1.807, 2.05) is 0 Å². The lowest BCUT2D eigenvalue weighted by molar-refractivity contribution is 0.0903. The number of fused-ring (bicyclic) bond motifs is 2. The van der Waals surface area contributed by atoms with E-state index in [0.717, 1.165) is 9.80 Å². The van der Waals surface area contributed by atoms with Crippen molar-refractivity contribution < 1.29 is 27.6 Å². The number of imide groups is 2. The minimum absolute atomic E-state index is 0.0765. The van der Waals surface area contributed by atoms with Crippen molar-refractivity contribution in [2.75, 3.05) is 9.80 Å². The number of carbonyl (C=O) groups is 4. The summed E-state index contributed by atoms with van der Waals surface area (Å²) in [7, 11) is -4.29. The molecule has 0 atom stereocenters. The highest BCUT2D eigenvalue weighted by atomic mass is 32.2. The largest absolute Gasteiger partial charge is 0.268 e. The van der Waals surface area contributed by atoms with Crippen LogP contribution in [-0.2, 0) is 9.84 Å². The van der Waals surface area contributed by atoms with E-state index in [1.165, 1.54) is 54.6 Å². The first kappa shape index (κ1) is 22.6.